The van der Waals surface area contributed by atoms with Crippen molar-refractivity contribution in [1.82, 2.24) is 10.2 Å². The third kappa shape index (κ3) is 2.69. The van der Waals surface area contributed by atoms with Crippen LogP contribution in [-0.2, 0) is 4.79 Å². The highest BCUT2D eigenvalue weighted by atomic mass is 16.1. The van der Waals surface area contributed by atoms with E-state index in [9.17, 15) is 4.79 Å². The monoisotopic (exact) mass is 199 g/mol. The van der Waals surface area contributed by atoms with Crippen LogP contribution in [0.15, 0.2) is 0 Å². The number of hydrogen-bond acceptors (Lipinski definition) is 3. The number of hydrogen-bond donors (Lipinski definition) is 2. The molecule has 3 N–H and O–H groups in total. The van der Waals surface area contributed by atoms with Gasteiger partial charge in [0.2, 0.25) is 5.91 Å². The normalized spacial score (nSPS) is 22.1. The quantitative estimate of drug-likeness (QED) is 0.666. The van der Waals surface area contributed by atoms with Gasteiger partial charge in [-0.3, -0.25) is 4.79 Å². The average molecular weight is 199 g/mol. The third-order valence-electron chi connectivity index (χ3n) is 3.30. The van der Waals surface area contributed by atoms with Crippen molar-refractivity contribution in [2.75, 3.05) is 26.7 Å². The molecule has 0 saturated carbocycles. The first kappa shape index (κ1) is 11.5. The fraction of sp³-hybridized carbons (Fsp3) is 0.900. The third-order valence-corrected chi connectivity index (χ3v) is 3.30. The van der Waals surface area contributed by atoms with Crippen molar-refractivity contribution in [2.24, 2.45) is 5.73 Å². The summed E-state index contributed by atoms with van der Waals surface area (Å²) >= 11 is 0. The number of carbonyl (C=O) groups excluding carboxylic acids is 1. The number of rotatable bonds is 4. The van der Waals surface area contributed by atoms with Gasteiger partial charge >= 0.3 is 0 Å². The van der Waals surface area contributed by atoms with Gasteiger partial charge in [0, 0.05) is 12.0 Å². The number of nitrogens with zero attached hydrogens (tertiary/aromatic N) is 1. The molecule has 1 saturated heterocycles. The first-order valence-electron chi connectivity index (χ1n) is 5.31. The molecule has 0 aromatic heterocycles. The van der Waals surface area contributed by atoms with Crippen molar-refractivity contribution in [2.45, 2.75) is 31.7 Å². The maximum atomic E-state index is 11.0. The van der Waals surface area contributed by atoms with Crippen LogP contribution in [0.25, 0.3) is 0 Å². The Kier molecular flexibility index (Phi) is 3.89. The van der Waals surface area contributed by atoms with Crippen LogP contribution < -0.4 is 11.1 Å². The lowest BCUT2D eigenvalue weighted by Gasteiger charge is -2.40. The Morgan fingerprint density at radius 2 is 2.07 bits per heavy atom. The number of nitrogens with one attached hydrogen (secondary N) is 1. The molecule has 1 aliphatic rings. The van der Waals surface area contributed by atoms with Crippen LogP contribution in [0.3, 0.4) is 0 Å². The fourth-order valence-electron chi connectivity index (χ4n) is 2.15. The Morgan fingerprint density at radius 3 is 2.43 bits per heavy atom. The first-order valence-corrected chi connectivity index (χ1v) is 5.31. The van der Waals surface area contributed by atoms with Gasteiger partial charge in [0.05, 0.1) is 0 Å². The Morgan fingerprint density at radius 1 is 1.50 bits per heavy atom. The van der Waals surface area contributed by atoms with Crippen molar-refractivity contribution in [3.8, 4) is 0 Å². The number of likely N-dealkylation sites (tertiary alicyclic amines) is 1. The van der Waals surface area contributed by atoms with Crippen molar-refractivity contribution in [3.05, 3.63) is 0 Å². The molecule has 0 aromatic carbocycles. The standard InChI is InChI=1S/C10H21N3O/c1-3-13-6-4-10(12-2,5-7-13)8-9(11)14/h12H,3-8H2,1-2H3,(H2,11,14). The van der Waals surface area contributed by atoms with Crippen LogP contribution in [0, 0.1) is 0 Å². The lowest BCUT2D eigenvalue weighted by Crippen LogP contribution is -2.53. The minimum Gasteiger partial charge on any atom is -0.370 e. The molecule has 0 radical (unpaired) electrons. The van der Waals surface area contributed by atoms with E-state index in [1.54, 1.807) is 0 Å². The largest absolute Gasteiger partial charge is 0.370 e. The Balaban J connectivity index is 2.52. The molecule has 1 fully saturated rings. The Labute approximate surface area is 85.8 Å². The molecule has 0 atom stereocenters. The van der Waals surface area contributed by atoms with Crippen LogP contribution >= 0.6 is 0 Å². The molecule has 0 aromatic rings. The molecule has 1 aliphatic heterocycles. The highest BCUT2D eigenvalue weighted by Crippen LogP contribution is 2.24. The van der Waals surface area contributed by atoms with Gasteiger partial charge in [-0.1, -0.05) is 6.92 Å². The first-order chi connectivity index (χ1) is 6.62. The SMILES string of the molecule is CCN1CCC(CC(N)=O)(NC)CC1. The van der Waals surface area contributed by atoms with E-state index in [-0.39, 0.29) is 11.4 Å². The van der Waals surface area contributed by atoms with Gasteiger partial charge in [0.15, 0.2) is 0 Å². The molecule has 1 amide bonds. The molecule has 1 rings (SSSR count). The molecule has 0 spiro atoms. The number of carbonyl (C=O) groups is 1. The van der Waals surface area contributed by atoms with E-state index in [0.717, 1.165) is 32.5 Å². The summed E-state index contributed by atoms with van der Waals surface area (Å²) in [5.74, 6) is -0.204. The summed E-state index contributed by atoms with van der Waals surface area (Å²) in [7, 11) is 1.92. The zero-order chi connectivity index (χ0) is 10.6. The summed E-state index contributed by atoms with van der Waals surface area (Å²) in [5, 5.41) is 3.27. The summed E-state index contributed by atoms with van der Waals surface area (Å²) in [6, 6.07) is 0. The van der Waals surface area contributed by atoms with Gasteiger partial charge in [-0.15, -0.1) is 0 Å². The van der Waals surface area contributed by atoms with Gasteiger partial charge in [-0.25, -0.2) is 0 Å². The van der Waals surface area contributed by atoms with Gasteiger partial charge in [-0.05, 0) is 39.5 Å². The maximum Gasteiger partial charge on any atom is 0.219 e. The number of nitrogens with two attached hydrogens (primary N) is 1. The molecule has 14 heavy (non-hydrogen) atoms. The molecular formula is C10H21N3O. The molecule has 0 bridgehead atoms. The van der Waals surface area contributed by atoms with Crippen molar-refractivity contribution < 1.29 is 4.79 Å². The van der Waals surface area contributed by atoms with E-state index in [4.69, 9.17) is 5.73 Å². The topological polar surface area (TPSA) is 58.4 Å². The maximum absolute atomic E-state index is 11.0. The second kappa shape index (κ2) is 4.75. The van der Waals surface area contributed by atoms with E-state index < -0.39 is 0 Å². The smallest absolute Gasteiger partial charge is 0.219 e. The molecular weight excluding hydrogens is 178 g/mol. The highest BCUT2D eigenvalue weighted by molar-refractivity contribution is 5.75. The number of piperidine rings is 1. The molecule has 1 heterocycles. The van der Waals surface area contributed by atoms with E-state index >= 15 is 0 Å². The second-order valence-electron chi connectivity index (χ2n) is 4.11. The highest BCUT2D eigenvalue weighted by Gasteiger charge is 2.33. The average Bonchev–Trinajstić information content (AvgIpc) is 2.18. The minimum atomic E-state index is -0.204. The molecule has 4 heteroatoms. The Bertz CT molecular complexity index is 198. The van der Waals surface area contributed by atoms with E-state index in [1.807, 2.05) is 7.05 Å². The number of primary amides is 1. The second-order valence-corrected chi connectivity index (χ2v) is 4.11. The van der Waals surface area contributed by atoms with E-state index in [1.165, 1.54) is 0 Å². The van der Waals surface area contributed by atoms with Crippen molar-refractivity contribution >= 4 is 5.91 Å². The minimum absolute atomic E-state index is 0.0441. The van der Waals surface area contributed by atoms with Gasteiger partial charge in [0.25, 0.3) is 0 Å². The number of amides is 1. The van der Waals surface area contributed by atoms with Gasteiger partial charge < -0.3 is 16.0 Å². The lowest BCUT2D eigenvalue weighted by atomic mass is 9.84. The van der Waals surface area contributed by atoms with Gasteiger partial charge in [-0.2, -0.15) is 0 Å². The molecule has 0 unspecified atom stereocenters. The summed E-state index contributed by atoms with van der Waals surface area (Å²) in [6.45, 7) is 5.38. The van der Waals surface area contributed by atoms with Crippen molar-refractivity contribution in [3.63, 3.8) is 0 Å². The van der Waals surface area contributed by atoms with E-state index in [2.05, 4.69) is 17.1 Å². The fourth-order valence-corrected chi connectivity index (χ4v) is 2.15. The summed E-state index contributed by atoms with van der Waals surface area (Å²) < 4.78 is 0. The zero-order valence-corrected chi connectivity index (χ0v) is 9.18. The van der Waals surface area contributed by atoms with E-state index in [0.29, 0.717) is 6.42 Å². The van der Waals surface area contributed by atoms with Crippen LogP contribution in [-0.4, -0.2) is 43.0 Å². The predicted molar refractivity (Wildman–Crippen MR) is 57.0 cm³/mol. The van der Waals surface area contributed by atoms with Crippen LogP contribution in [0.5, 0.6) is 0 Å². The zero-order valence-electron chi connectivity index (χ0n) is 9.18. The predicted octanol–water partition coefficient (Wildman–Crippen LogP) is -0.0643. The van der Waals surface area contributed by atoms with Gasteiger partial charge in [0.1, 0.15) is 0 Å². The molecule has 82 valence electrons. The summed E-state index contributed by atoms with van der Waals surface area (Å²) in [5.41, 5.74) is 5.21. The summed E-state index contributed by atoms with van der Waals surface area (Å²) in [4.78, 5) is 13.4. The van der Waals surface area contributed by atoms with Crippen LogP contribution in [0.1, 0.15) is 26.2 Å². The van der Waals surface area contributed by atoms with Crippen molar-refractivity contribution in [1.29, 1.82) is 0 Å². The molecule has 0 aliphatic carbocycles. The summed E-state index contributed by atoms with van der Waals surface area (Å²) in [6.07, 6.45) is 2.49. The Hall–Kier alpha value is -0.610. The lowest BCUT2D eigenvalue weighted by molar-refractivity contribution is -0.119. The van der Waals surface area contributed by atoms with Crippen LogP contribution in [0.4, 0.5) is 0 Å². The van der Waals surface area contributed by atoms with Crippen LogP contribution in [0.2, 0.25) is 0 Å². The molecule has 4 nitrogen and oxygen atoms in total.